The van der Waals surface area contributed by atoms with Gasteiger partial charge < -0.3 is 15.0 Å². The van der Waals surface area contributed by atoms with E-state index in [1.807, 2.05) is 42.6 Å². The maximum Gasteiger partial charge on any atom is 0.251 e. The number of carbonyl (C=O) groups is 1. The Morgan fingerprint density at radius 1 is 1.03 bits per heavy atom. The van der Waals surface area contributed by atoms with E-state index in [0.29, 0.717) is 11.3 Å². The summed E-state index contributed by atoms with van der Waals surface area (Å²) in [7, 11) is 0. The first-order valence-electron chi connectivity index (χ1n) is 14.3. The average molecular weight is 526 g/mol. The summed E-state index contributed by atoms with van der Waals surface area (Å²) in [5, 5.41) is 3.28. The molecule has 0 bridgehead atoms. The van der Waals surface area contributed by atoms with Gasteiger partial charge in [-0.15, -0.1) is 0 Å². The zero-order chi connectivity index (χ0) is 27.8. The first-order valence-corrected chi connectivity index (χ1v) is 14.3. The fourth-order valence-electron chi connectivity index (χ4n) is 5.18. The Hall–Kier alpha value is -3.44. The van der Waals surface area contributed by atoms with Crippen molar-refractivity contribution in [1.82, 2.24) is 15.2 Å². The van der Waals surface area contributed by atoms with Crippen LogP contribution in [0.15, 0.2) is 73.6 Å². The molecule has 1 aromatic heterocycles. The second-order valence-corrected chi connectivity index (χ2v) is 11.9. The molecule has 39 heavy (non-hydrogen) atoms. The van der Waals surface area contributed by atoms with Gasteiger partial charge in [-0.25, -0.2) is 0 Å². The standard InChI is InChI=1S/C34H43N3O2/c1-6-7-11-26-14-15-27(28-20-31(23-35-22-28)39-30-12-9-8-10-13-30)21-32(26)25(2)33(38)36-29-16-18-37(19-17-29)24-34(3,4)5/h8-10,12-15,20-23,29H,2,6-7,11,16-19,24H2,1,3-5H3,(H,36,38). The van der Waals surface area contributed by atoms with Crippen molar-refractivity contribution in [3.8, 4) is 22.6 Å². The van der Waals surface area contributed by atoms with Crippen LogP contribution in [0, 0.1) is 5.41 Å². The number of aryl methyl sites for hydroxylation is 1. The van der Waals surface area contributed by atoms with Crippen LogP contribution in [0.5, 0.6) is 11.5 Å². The van der Waals surface area contributed by atoms with E-state index in [2.05, 4.69) is 67.7 Å². The number of para-hydroxylation sites is 1. The number of nitrogens with zero attached hydrogens (tertiary/aromatic N) is 2. The van der Waals surface area contributed by atoms with Crippen LogP contribution >= 0.6 is 0 Å². The molecule has 1 fully saturated rings. The summed E-state index contributed by atoms with van der Waals surface area (Å²) in [6.07, 6.45) is 8.56. The molecule has 3 aromatic rings. The van der Waals surface area contributed by atoms with Crippen molar-refractivity contribution in [2.24, 2.45) is 5.41 Å². The maximum atomic E-state index is 13.4. The Labute approximate surface area is 234 Å². The van der Waals surface area contributed by atoms with Crippen LogP contribution in [0.25, 0.3) is 16.7 Å². The highest BCUT2D eigenvalue weighted by Gasteiger charge is 2.25. The third kappa shape index (κ3) is 8.27. The van der Waals surface area contributed by atoms with Crippen molar-refractivity contribution in [3.05, 3.63) is 84.7 Å². The molecule has 1 N–H and O–H groups in total. The second kappa shape index (κ2) is 13.1. The lowest BCUT2D eigenvalue weighted by Crippen LogP contribution is -2.46. The number of benzene rings is 2. The van der Waals surface area contributed by atoms with Crippen molar-refractivity contribution in [1.29, 1.82) is 0 Å². The van der Waals surface area contributed by atoms with Crippen molar-refractivity contribution >= 4 is 11.5 Å². The van der Waals surface area contributed by atoms with Gasteiger partial charge in [0.15, 0.2) is 0 Å². The molecule has 4 rings (SSSR count). The van der Waals surface area contributed by atoms with E-state index in [0.717, 1.165) is 79.7 Å². The number of piperidine rings is 1. The summed E-state index contributed by atoms with van der Waals surface area (Å²) in [6, 6.07) is 18.2. The fraction of sp³-hybridized carbons (Fsp3) is 0.412. The van der Waals surface area contributed by atoms with E-state index in [9.17, 15) is 4.79 Å². The van der Waals surface area contributed by atoms with Crippen LogP contribution in [-0.2, 0) is 11.2 Å². The molecule has 0 aliphatic carbocycles. The molecule has 0 unspecified atom stereocenters. The number of ether oxygens (including phenoxy) is 1. The van der Waals surface area contributed by atoms with Gasteiger partial charge in [-0.1, -0.05) is 71.0 Å². The Morgan fingerprint density at radius 2 is 1.77 bits per heavy atom. The number of likely N-dealkylation sites (tertiary alicyclic amines) is 1. The zero-order valence-electron chi connectivity index (χ0n) is 24.0. The minimum atomic E-state index is -0.0709. The van der Waals surface area contributed by atoms with Crippen LogP contribution in [0.2, 0.25) is 0 Å². The number of unbranched alkanes of at least 4 members (excludes halogenated alkanes) is 1. The molecule has 0 radical (unpaired) electrons. The normalized spacial score (nSPS) is 14.7. The van der Waals surface area contributed by atoms with Gasteiger partial charge in [0.25, 0.3) is 5.91 Å². The smallest absolute Gasteiger partial charge is 0.251 e. The number of amides is 1. The van der Waals surface area contributed by atoms with E-state index < -0.39 is 0 Å². The number of hydrogen-bond donors (Lipinski definition) is 1. The van der Waals surface area contributed by atoms with E-state index >= 15 is 0 Å². The van der Waals surface area contributed by atoms with E-state index in [4.69, 9.17) is 4.74 Å². The monoisotopic (exact) mass is 525 g/mol. The Balaban J connectivity index is 1.49. The van der Waals surface area contributed by atoms with Gasteiger partial charge in [0.1, 0.15) is 11.5 Å². The van der Waals surface area contributed by atoms with Gasteiger partial charge in [-0.3, -0.25) is 9.78 Å². The van der Waals surface area contributed by atoms with E-state index in [1.54, 1.807) is 6.20 Å². The van der Waals surface area contributed by atoms with Gasteiger partial charge in [-0.2, -0.15) is 0 Å². The van der Waals surface area contributed by atoms with Gasteiger partial charge in [0.2, 0.25) is 0 Å². The van der Waals surface area contributed by atoms with E-state index in [1.165, 1.54) is 0 Å². The number of pyridine rings is 1. The van der Waals surface area contributed by atoms with Crippen molar-refractivity contribution in [2.45, 2.75) is 65.8 Å². The van der Waals surface area contributed by atoms with Crippen LogP contribution in [0.1, 0.15) is 64.5 Å². The van der Waals surface area contributed by atoms with Gasteiger partial charge in [0, 0.05) is 43.0 Å². The quantitative estimate of drug-likeness (QED) is 0.278. The Morgan fingerprint density at radius 3 is 2.46 bits per heavy atom. The molecule has 2 aromatic carbocycles. The average Bonchev–Trinajstić information content (AvgIpc) is 2.92. The molecule has 1 aliphatic heterocycles. The highest BCUT2D eigenvalue weighted by atomic mass is 16.5. The highest BCUT2D eigenvalue weighted by molar-refractivity contribution is 6.19. The van der Waals surface area contributed by atoms with Crippen LogP contribution in [0.3, 0.4) is 0 Å². The van der Waals surface area contributed by atoms with Crippen molar-refractivity contribution in [3.63, 3.8) is 0 Å². The van der Waals surface area contributed by atoms with E-state index in [-0.39, 0.29) is 17.4 Å². The summed E-state index contributed by atoms with van der Waals surface area (Å²) in [5.74, 6) is 1.37. The van der Waals surface area contributed by atoms with Gasteiger partial charge in [-0.05, 0) is 72.1 Å². The lowest BCUT2D eigenvalue weighted by molar-refractivity contribution is -0.116. The van der Waals surface area contributed by atoms with Crippen LogP contribution in [0.4, 0.5) is 0 Å². The third-order valence-electron chi connectivity index (χ3n) is 7.15. The number of carbonyl (C=O) groups excluding carboxylic acids is 1. The zero-order valence-corrected chi connectivity index (χ0v) is 24.0. The van der Waals surface area contributed by atoms with Gasteiger partial charge in [0.05, 0.1) is 6.20 Å². The molecule has 5 heteroatoms. The van der Waals surface area contributed by atoms with Crippen molar-refractivity contribution < 1.29 is 9.53 Å². The molecular formula is C34H43N3O2. The molecule has 2 heterocycles. The minimum absolute atomic E-state index is 0.0709. The molecule has 0 atom stereocenters. The predicted octanol–water partition coefficient (Wildman–Crippen LogP) is 7.52. The molecule has 0 saturated carbocycles. The summed E-state index contributed by atoms with van der Waals surface area (Å²) >= 11 is 0. The third-order valence-corrected chi connectivity index (χ3v) is 7.15. The first-order chi connectivity index (χ1) is 18.7. The lowest BCUT2D eigenvalue weighted by atomic mass is 9.92. The molecule has 5 nitrogen and oxygen atoms in total. The molecule has 1 saturated heterocycles. The highest BCUT2D eigenvalue weighted by Crippen LogP contribution is 2.30. The fourth-order valence-corrected chi connectivity index (χ4v) is 5.18. The molecular weight excluding hydrogens is 482 g/mol. The molecule has 0 spiro atoms. The SMILES string of the molecule is C=C(C(=O)NC1CCN(CC(C)(C)C)CC1)c1cc(-c2cncc(Oc3ccccc3)c2)ccc1CCCC. The van der Waals surface area contributed by atoms with Crippen LogP contribution < -0.4 is 10.1 Å². The summed E-state index contributed by atoms with van der Waals surface area (Å²) in [5.41, 5.74) is 4.81. The largest absolute Gasteiger partial charge is 0.456 e. The number of aromatic nitrogens is 1. The maximum absolute atomic E-state index is 13.4. The number of nitrogens with one attached hydrogen (secondary N) is 1. The first kappa shape index (κ1) is 28.6. The number of hydrogen-bond acceptors (Lipinski definition) is 4. The summed E-state index contributed by atoms with van der Waals surface area (Å²) in [4.78, 5) is 20.3. The van der Waals surface area contributed by atoms with Crippen LogP contribution in [-0.4, -0.2) is 41.5 Å². The topological polar surface area (TPSA) is 54.5 Å². The molecule has 206 valence electrons. The molecule has 1 aliphatic rings. The lowest BCUT2D eigenvalue weighted by Gasteiger charge is -2.36. The molecule has 1 amide bonds. The number of rotatable bonds is 10. The summed E-state index contributed by atoms with van der Waals surface area (Å²) in [6.45, 7) is 16.4. The van der Waals surface area contributed by atoms with Gasteiger partial charge >= 0.3 is 0 Å². The van der Waals surface area contributed by atoms with Crippen molar-refractivity contribution in [2.75, 3.05) is 19.6 Å². The second-order valence-electron chi connectivity index (χ2n) is 11.9. The summed E-state index contributed by atoms with van der Waals surface area (Å²) < 4.78 is 6.00. The predicted molar refractivity (Wildman–Crippen MR) is 161 cm³/mol. The minimum Gasteiger partial charge on any atom is -0.456 e. The Bertz CT molecular complexity index is 1250. The Kier molecular flexibility index (Phi) is 9.58.